The molecule has 0 aliphatic rings. The average Bonchev–Trinajstić information content (AvgIpc) is 0.918. The van der Waals surface area contributed by atoms with Crippen LogP contribution in [-0.4, -0.2) is 96.7 Å². The number of allylic oxidation sites excluding steroid dienone is 22. The number of rotatable bonds is 75. The minimum Gasteiger partial charge on any atom is -0.462 e. The summed E-state index contributed by atoms with van der Waals surface area (Å²) in [7, 11) is -9.98. The van der Waals surface area contributed by atoms with Crippen LogP contribution in [0.1, 0.15) is 323 Å². The molecule has 19 heteroatoms. The van der Waals surface area contributed by atoms with Crippen LogP contribution in [0.15, 0.2) is 134 Å². The summed E-state index contributed by atoms with van der Waals surface area (Å²) in [4.78, 5) is 73.0. The summed E-state index contributed by atoms with van der Waals surface area (Å²) < 4.78 is 68.6. The molecule has 0 spiro atoms. The lowest BCUT2D eigenvalue weighted by molar-refractivity contribution is -0.161. The first-order valence-electron chi connectivity index (χ1n) is 40.4. The van der Waals surface area contributed by atoms with Crippen molar-refractivity contribution < 1.29 is 80.2 Å². The third-order valence-corrected chi connectivity index (χ3v) is 18.5. The summed E-state index contributed by atoms with van der Waals surface area (Å²) in [6.07, 6.45) is 85.8. The van der Waals surface area contributed by atoms with E-state index in [1.165, 1.54) is 64.2 Å². The van der Waals surface area contributed by atoms with E-state index in [-0.39, 0.29) is 25.7 Å². The van der Waals surface area contributed by atoms with Crippen LogP contribution in [0, 0.1) is 0 Å². The van der Waals surface area contributed by atoms with Gasteiger partial charge in [-0.3, -0.25) is 37.3 Å². The summed E-state index contributed by atoms with van der Waals surface area (Å²) in [6.45, 7) is 4.51. The second kappa shape index (κ2) is 76.4. The van der Waals surface area contributed by atoms with Gasteiger partial charge in [0.1, 0.15) is 19.3 Å². The molecule has 0 heterocycles. The van der Waals surface area contributed by atoms with Crippen molar-refractivity contribution in [2.75, 3.05) is 39.6 Å². The number of hydrogen-bond donors (Lipinski definition) is 3. The van der Waals surface area contributed by atoms with Crippen molar-refractivity contribution in [2.24, 2.45) is 0 Å². The monoisotopic (exact) mass is 1500 g/mol. The molecular weight excluding hydrogens is 1350 g/mol. The van der Waals surface area contributed by atoms with Crippen molar-refractivity contribution in [2.45, 2.75) is 341 Å². The predicted octanol–water partition coefficient (Wildman–Crippen LogP) is 23.7. The van der Waals surface area contributed by atoms with Crippen LogP contribution >= 0.6 is 15.6 Å². The maximum absolute atomic E-state index is 13.1. The second-order valence-corrected chi connectivity index (χ2v) is 29.5. The molecule has 0 radical (unpaired) electrons. The number of ether oxygens (including phenoxy) is 4. The molecule has 0 aliphatic carbocycles. The average molecular weight is 1500 g/mol. The number of carbonyl (C=O) groups is 4. The van der Waals surface area contributed by atoms with Crippen LogP contribution in [-0.2, 0) is 65.4 Å². The molecule has 3 N–H and O–H groups in total. The third kappa shape index (κ3) is 75.4. The number of carbonyl (C=O) groups excluding carboxylic acids is 4. The van der Waals surface area contributed by atoms with Gasteiger partial charge in [0.15, 0.2) is 12.2 Å². The third-order valence-electron chi connectivity index (χ3n) is 16.6. The van der Waals surface area contributed by atoms with E-state index in [1.807, 2.05) is 12.2 Å². The molecule has 104 heavy (non-hydrogen) atoms. The fraction of sp³-hybridized carbons (Fsp3) is 0.694. The van der Waals surface area contributed by atoms with Gasteiger partial charge in [-0.1, -0.05) is 303 Å². The zero-order valence-corrected chi connectivity index (χ0v) is 66.9. The molecule has 0 aromatic carbocycles. The number of aliphatic hydroxyl groups excluding tert-OH is 1. The lowest BCUT2D eigenvalue weighted by Crippen LogP contribution is -2.30. The normalized spacial score (nSPS) is 14.6. The van der Waals surface area contributed by atoms with E-state index in [0.717, 1.165) is 173 Å². The molecule has 0 amide bonds. The molecule has 5 unspecified atom stereocenters. The van der Waals surface area contributed by atoms with E-state index in [9.17, 15) is 43.2 Å². The first kappa shape index (κ1) is 99.2. The molecule has 0 bridgehead atoms. The highest BCUT2D eigenvalue weighted by molar-refractivity contribution is 7.47. The summed E-state index contributed by atoms with van der Waals surface area (Å²) in [5, 5.41) is 10.6. The van der Waals surface area contributed by atoms with Gasteiger partial charge in [-0.15, -0.1) is 0 Å². The Morgan fingerprint density at radius 1 is 0.279 bits per heavy atom. The molecule has 0 aromatic rings. The van der Waals surface area contributed by atoms with Crippen LogP contribution in [0.3, 0.4) is 0 Å². The first-order valence-corrected chi connectivity index (χ1v) is 43.4. The van der Waals surface area contributed by atoms with Gasteiger partial charge in [0, 0.05) is 25.7 Å². The van der Waals surface area contributed by atoms with E-state index >= 15 is 0 Å². The van der Waals surface area contributed by atoms with Gasteiger partial charge < -0.3 is 33.8 Å². The minimum absolute atomic E-state index is 0.0638. The maximum Gasteiger partial charge on any atom is 0.472 e. The largest absolute Gasteiger partial charge is 0.472 e. The number of unbranched alkanes of at least 4 members (excludes halogenated alkanes) is 27. The summed E-state index contributed by atoms with van der Waals surface area (Å²) in [6, 6.07) is 0. The van der Waals surface area contributed by atoms with Crippen molar-refractivity contribution in [1.29, 1.82) is 0 Å². The Hall–Kier alpha value is -4.80. The maximum atomic E-state index is 13.1. The standard InChI is InChI=1S/C85H144O17P2/c1-5-9-13-17-21-25-29-33-36-38-39-41-44-47-50-54-58-62-66-70-83(88)96-76-81(102-85(90)72-68-64-60-56-52-48-42-35-31-27-23-19-15-11-7-3)78-100-104(93,94)98-74-79(86)73-97-103(91,92)99-77-80(101-84(89)71-67-63-59-55-51-45-32-28-24-20-16-12-8-4)75-95-82(87)69-65-61-57-53-49-46-43-40-37-34-30-26-22-18-14-10-6-2/h9-10,13-14,16,20-22,25-26,28,32-34,36-37,39,41,43,46,53,57,79-81,86H,5-8,11-12,15,17-19,23-24,27,29-31,35,38,40,42,44-45,47-52,54-56,58-78H2,1-4H3,(H,91,92)(H,93,94)/b13-9-,14-10-,20-16-,25-21-,26-22-,32-28-,36-33-,37-34-,41-39-,46-43-,57-53-. The molecule has 0 fully saturated rings. The highest BCUT2D eigenvalue weighted by Gasteiger charge is 2.30. The van der Waals surface area contributed by atoms with E-state index in [4.69, 9.17) is 37.0 Å². The molecule has 5 atom stereocenters. The minimum atomic E-state index is -5.00. The van der Waals surface area contributed by atoms with Gasteiger partial charge in [0.25, 0.3) is 0 Å². The molecule has 17 nitrogen and oxygen atoms in total. The van der Waals surface area contributed by atoms with Crippen molar-refractivity contribution >= 4 is 39.5 Å². The van der Waals surface area contributed by atoms with Crippen LogP contribution < -0.4 is 0 Å². The molecule has 596 valence electrons. The van der Waals surface area contributed by atoms with E-state index in [1.54, 1.807) is 0 Å². The lowest BCUT2D eigenvalue weighted by atomic mass is 10.0. The van der Waals surface area contributed by atoms with Gasteiger partial charge in [-0.2, -0.15) is 0 Å². The van der Waals surface area contributed by atoms with Crippen LogP contribution in [0.25, 0.3) is 0 Å². The van der Waals surface area contributed by atoms with Crippen molar-refractivity contribution in [3.8, 4) is 0 Å². The Labute approximate surface area is 631 Å². The fourth-order valence-electron chi connectivity index (χ4n) is 10.5. The number of aliphatic hydroxyl groups is 1. The van der Waals surface area contributed by atoms with E-state index in [2.05, 4.69) is 149 Å². The number of esters is 4. The first-order chi connectivity index (χ1) is 50.7. The summed E-state index contributed by atoms with van der Waals surface area (Å²) >= 11 is 0. The number of phosphoric acid groups is 2. The van der Waals surface area contributed by atoms with Gasteiger partial charge in [0.05, 0.1) is 26.4 Å². The number of phosphoric ester groups is 2. The summed E-state index contributed by atoms with van der Waals surface area (Å²) in [5.74, 6) is -2.27. The molecular formula is C85H144O17P2. The smallest absolute Gasteiger partial charge is 0.462 e. The van der Waals surface area contributed by atoms with Crippen LogP contribution in [0.2, 0.25) is 0 Å². The Bertz CT molecular complexity index is 2490. The fourth-order valence-corrected chi connectivity index (χ4v) is 12.1. The highest BCUT2D eigenvalue weighted by atomic mass is 31.2. The van der Waals surface area contributed by atoms with Crippen LogP contribution in [0.4, 0.5) is 0 Å². The van der Waals surface area contributed by atoms with Gasteiger partial charge in [0.2, 0.25) is 0 Å². The molecule has 0 saturated heterocycles. The van der Waals surface area contributed by atoms with Crippen molar-refractivity contribution in [3.05, 3.63) is 134 Å². The Balaban J connectivity index is 5.40. The number of hydrogen-bond acceptors (Lipinski definition) is 15. The van der Waals surface area contributed by atoms with Crippen molar-refractivity contribution in [1.82, 2.24) is 0 Å². The Morgan fingerprint density at radius 2 is 0.529 bits per heavy atom. The van der Waals surface area contributed by atoms with Crippen LogP contribution in [0.5, 0.6) is 0 Å². The zero-order chi connectivity index (χ0) is 76.0. The summed E-state index contributed by atoms with van der Waals surface area (Å²) in [5.41, 5.74) is 0. The second-order valence-electron chi connectivity index (χ2n) is 26.6. The zero-order valence-electron chi connectivity index (χ0n) is 65.2. The predicted molar refractivity (Wildman–Crippen MR) is 427 cm³/mol. The quantitative estimate of drug-likeness (QED) is 0.0169. The molecule has 0 aliphatic heterocycles. The molecule has 0 rings (SSSR count). The lowest BCUT2D eigenvalue weighted by Gasteiger charge is -2.21. The highest BCUT2D eigenvalue weighted by Crippen LogP contribution is 2.45. The van der Waals surface area contributed by atoms with Gasteiger partial charge >= 0.3 is 39.5 Å². The Morgan fingerprint density at radius 3 is 0.846 bits per heavy atom. The molecule has 0 aromatic heterocycles. The topological polar surface area (TPSA) is 237 Å². The SMILES string of the molecule is CC/C=C\C/C=C\C/C=C\C/C=C\C/C=C\CCCC(=O)OCC(COP(=O)(O)OCC(O)COP(=O)(O)OCC(COC(=O)CCCCCCCC/C=C\C/C=C\C/C=C\C/C=C\CC)OC(=O)CCCCCCCCCCCCCCCCC)OC(=O)CCCCCCC/C=C\C/C=C\CCC. The van der Waals surface area contributed by atoms with Gasteiger partial charge in [-0.05, 0) is 128 Å². The van der Waals surface area contributed by atoms with E-state index < -0.39 is 97.5 Å². The van der Waals surface area contributed by atoms with Gasteiger partial charge in [-0.25, -0.2) is 9.13 Å². The van der Waals surface area contributed by atoms with E-state index in [0.29, 0.717) is 32.1 Å². The molecule has 0 saturated carbocycles. The van der Waals surface area contributed by atoms with Crippen molar-refractivity contribution in [3.63, 3.8) is 0 Å². The Kier molecular flexibility index (Phi) is 72.9.